The minimum Gasteiger partial charge on any atom is -0.379 e. The van der Waals surface area contributed by atoms with E-state index >= 15 is 0 Å². The summed E-state index contributed by atoms with van der Waals surface area (Å²) in [4.78, 5) is 0. The molecule has 0 aromatic rings. The highest BCUT2D eigenvalue weighted by Gasteiger charge is 2.42. The summed E-state index contributed by atoms with van der Waals surface area (Å²) >= 11 is 0. The van der Waals surface area contributed by atoms with E-state index in [0.29, 0.717) is 25.7 Å². The third kappa shape index (κ3) is 4.17. The molecule has 0 spiro atoms. The van der Waals surface area contributed by atoms with Gasteiger partial charge in [-0.2, -0.15) is 5.26 Å². The smallest absolute Gasteiger partial charge is 0.130 e. The Kier molecular flexibility index (Phi) is 5.03. The lowest BCUT2D eigenvalue weighted by Crippen LogP contribution is -2.45. The number of nitrogens with two attached hydrogens (primary N) is 1. The van der Waals surface area contributed by atoms with Gasteiger partial charge in [-0.3, -0.25) is 0 Å². The number of ether oxygens (including phenoxy) is 2. The van der Waals surface area contributed by atoms with E-state index in [4.69, 9.17) is 20.5 Å². The molecule has 0 amide bonds. The summed E-state index contributed by atoms with van der Waals surface area (Å²) in [5.74, 6) is 0.332. The summed E-state index contributed by atoms with van der Waals surface area (Å²) in [6.07, 6.45) is 3.13. The molecule has 0 aromatic heterocycles. The summed E-state index contributed by atoms with van der Waals surface area (Å²) < 4.78 is 10.6. The Hall–Kier alpha value is -0.630. The third-order valence-corrected chi connectivity index (χ3v) is 2.58. The zero-order valence-electron chi connectivity index (χ0n) is 9.37. The van der Waals surface area contributed by atoms with Gasteiger partial charge in [0.05, 0.1) is 25.9 Å². The summed E-state index contributed by atoms with van der Waals surface area (Å²) in [6.45, 7) is 4.25. The van der Waals surface area contributed by atoms with Crippen molar-refractivity contribution in [2.24, 2.45) is 11.7 Å². The minimum absolute atomic E-state index is 0.323. The first kappa shape index (κ1) is 12.4. The van der Waals surface area contributed by atoms with E-state index in [0.717, 1.165) is 25.9 Å². The second-order valence-corrected chi connectivity index (χ2v) is 4.09. The largest absolute Gasteiger partial charge is 0.379 e. The molecule has 4 nitrogen and oxygen atoms in total. The maximum Gasteiger partial charge on any atom is 0.130 e. The molecule has 1 saturated carbocycles. The van der Waals surface area contributed by atoms with Crippen LogP contribution in [-0.4, -0.2) is 32.0 Å². The fraction of sp³-hybridized carbons (Fsp3) is 0.909. The topological polar surface area (TPSA) is 68.3 Å². The van der Waals surface area contributed by atoms with Crippen molar-refractivity contribution in [2.45, 2.75) is 31.7 Å². The van der Waals surface area contributed by atoms with E-state index in [1.807, 2.05) is 0 Å². The first-order valence-corrected chi connectivity index (χ1v) is 5.58. The minimum atomic E-state index is -0.773. The molecule has 1 atom stereocenters. The van der Waals surface area contributed by atoms with Gasteiger partial charge in [-0.05, 0) is 25.2 Å². The van der Waals surface area contributed by atoms with Gasteiger partial charge in [-0.25, -0.2) is 0 Å². The molecular weight excluding hydrogens is 192 g/mol. The molecular formula is C11H20N2O2. The molecule has 1 aliphatic rings. The molecule has 1 unspecified atom stereocenters. The SMILES string of the molecule is CCCOCCOCC(N)(C#N)C1CC1. The van der Waals surface area contributed by atoms with Gasteiger partial charge in [0.15, 0.2) is 0 Å². The Labute approximate surface area is 91.3 Å². The van der Waals surface area contributed by atoms with E-state index in [9.17, 15) is 0 Å². The molecule has 15 heavy (non-hydrogen) atoms. The Morgan fingerprint density at radius 2 is 2.00 bits per heavy atom. The Bertz CT molecular complexity index is 223. The number of hydrogen-bond acceptors (Lipinski definition) is 4. The van der Waals surface area contributed by atoms with E-state index in [2.05, 4.69) is 13.0 Å². The highest BCUT2D eigenvalue weighted by Crippen LogP contribution is 2.37. The van der Waals surface area contributed by atoms with Crippen molar-refractivity contribution in [1.29, 1.82) is 5.26 Å². The number of rotatable bonds is 8. The zero-order chi connectivity index (χ0) is 11.1. The predicted molar refractivity (Wildman–Crippen MR) is 57.2 cm³/mol. The lowest BCUT2D eigenvalue weighted by molar-refractivity contribution is 0.0323. The van der Waals surface area contributed by atoms with E-state index in [1.54, 1.807) is 0 Å². The second-order valence-electron chi connectivity index (χ2n) is 4.09. The van der Waals surface area contributed by atoms with Crippen molar-refractivity contribution in [2.75, 3.05) is 26.4 Å². The highest BCUT2D eigenvalue weighted by molar-refractivity contribution is 5.13. The van der Waals surface area contributed by atoms with Gasteiger partial charge in [-0.15, -0.1) is 0 Å². The lowest BCUT2D eigenvalue weighted by Gasteiger charge is -2.20. The van der Waals surface area contributed by atoms with Crippen molar-refractivity contribution < 1.29 is 9.47 Å². The van der Waals surface area contributed by atoms with Crippen LogP contribution in [-0.2, 0) is 9.47 Å². The summed E-state index contributed by atoms with van der Waals surface area (Å²) in [5.41, 5.74) is 5.14. The molecule has 86 valence electrons. The van der Waals surface area contributed by atoms with Crippen LogP contribution in [0.1, 0.15) is 26.2 Å². The zero-order valence-corrected chi connectivity index (χ0v) is 9.37. The standard InChI is InChI=1S/C11H20N2O2/c1-2-5-14-6-7-15-9-11(13,8-12)10-3-4-10/h10H,2-7,9,13H2,1H3. The van der Waals surface area contributed by atoms with Crippen LogP contribution in [0.25, 0.3) is 0 Å². The van der Waals surface area contributed by atoms with Crippen LogP contribution in [0.15, 0.2) is 0 Å². The summed E-state index contributed by atoms with van der Waals surface area (Å²) in [6, 6.07) is 2.15. The predicted octanol–water partition coefficient (Wildman–Crippen LogP) is 1.06. The highest BCUT2D eigenvalue weighted by atomic mass is 16.5. The maximum absolute atomic E-state index is 8.95. The first-order valence-electron chi connectivity index (χ1n) is 5.58. The second kappa shape index (κ2) is 6.06. The third-order valence-electron chi connectivity index (χ3n) is 2.58. The lowest BCUT2D eigenvalue weighted by atomic mass is 9.98. The van der Waals surface area contributed by atoms with Crippen molar-refractivity contribution in [3.8, 4) is 6.07 Å². The van der Waals surface area contributed by atoms with Crippen molar-refractivity contribution in [1.82, 2.24) is 0 Å². The van der Waals surface area contributed by atoms with Crippen LogP contribution in [0, 0.1) is 17.2 Å². The number of nitriles is 1. The van der Waals surface area contributed by atoms with Gasteiger partial charge in [0.25, 0.3) is 0 Å². The molecule has 0 radical (unpaired) electrons. The molecule has 1 fully saturated rings. The Morgan fingerprint density at radius 3 is 2.53 bits per heavy atom. The molecule has 2 N–H and O–H groups in total. The van der Waals surface area contributed by atoms with Crippen LogP contribution in [0.2, 0.25) is 0 Å². The van der Waals surface area contributed by atoms with Crippen LogP contribution in [0.4, 0.5) is 0 Å². The van der Waals surface area contributed by atoms with Gasteiger partial charge in [-0.1, -0.05) is 6.92 Å². The van der Waals surface area contributed by atoms with Crippen LogP contribution < -0.4 is 5.73 Å². The van der Waals surface area contributed by atoms with E-state index in [-0.39, 0.29) is 0 Å². The average molecular weight is 212 g/mol. The van der Waals surface area contributed by atoms with Gasteiger partial charge < -0.3 is 15.2 Å². The fourth-order valence-electron chi connectivity index (χ4n) is 1.45. The van der Waals surface area contributed by atoms with Crippen LogP contribution >= 0.6 is 0 Å². The molecule has 0 aliphatic heterocycles. The fourth-order valence-corrected chi connectivity index (χ4v) is 1.45. The summed E-state index contributed by atoms with van der Waals surface area (Å²) in [5, 5.41) is 8.95. The first-order chi connectivity index (χ1) is 7.23. The van der Waals surface area contributed by atoms with E-state index in [1.165, 1.54) is 0 Å². The van der Waals surface area contributed by atoms with Gasteiger partial charge in [0.2, 0.25) is 0 Å². The maximum atomic E-state index is 8.95. The van der Waals surface area contributed by atoms with Gasteiger partial charge in [0.1, 0.15) is 5.54 Å². The van der Waals surface area contributed by atoms with Gasteiger partial charge in [0, 0.05) is 6.61 Å². The Morgan fingerprint density at radius 1 is 1.33 bits per heavy atom. The summed E-state index contributed by atoms with van der Waals surface area (Å²) in [7, 11) is 0. The van der Waals surface area contributed by atoms with E-state index < -0.39 is 5.54 Å². The van der Waals surface area contributed by atoms with Crippen molar-refractivity contribution in [3.63, 3.8) is 0 Å². The molecule has 0 bridgehead atoms. The van der Waals surface area contributed by atoms with Crippen LogP contribution in [0.5, 0.6) is 0 Å². The molecule has 1 aliphatic carbocycles. The van der Waals surface area contributed by atoms with Gasteiger partial charge >= 0.3 is 0 Å². The molecule has 0 aromatic carbocycles. The molecule has 4 heteroatoms. The van der Waals surface area contributed by atoms with Crippen molar-refractivity contribution >= 4 is 0 Å². The number of nitrogens with zero attached hydrogens (tertiary/aromatic N) is 1. The Balaban J connectivity index is 2.05. The quantitative estimate of drug-likeness (QED) is 0.611. The number of hydrogen-bond donors (Lipinski definition) is 1. The monoisotopic (exact) mass is 212 g/mol. The molecule has 0 heterocycles. The van der Waals surface area contributed by atoms with Crippen LogP contribution in [0.3, 0.4) is 0 Å². The molecule has 0 saturated heterocycles. The average Bonchev–Trinajstić information content (AvgIpc) is 3.07. The van der Waals surface area contributed by atoms with Crippen molar-refractivity contribution in [3.05, 3.63) is 0 Å². The molecule has 1 rings (SSSR count). The normalized spacial score (nSPS) is 19.5.